The molecule has 0 saturated heterocycles. The average Bonchev–Trinajstić information content (AvgIpc) is 2.38. The van der Waals surface area contributed by atoms with Gasteiger partial charge in [-0.15, -0.1) is 10.2 Å². The topological polar surface area (TPSA) is 50.7 Å². The van der Waals surface area contributed by atoms with Crippen molar-refractivity contribution in [3.8, 4) is 0 Å². The lowest BCUT2D eigenvalue weighted by Gasteiger charge is -2.04. The van der Waals surface area contributed by atoms with Gasteiger partial charge in [0.2, 0.25) is 5.95 Å². The van der Waals surface area contributed by atoms with Crippen LogP contribution in [0.1, 0.15) is 12.8 Å². The summed E-state index contributed by atoms with van der Waals surface area (Å²) in [5.74, 6) is 1.83. The largest absolute Gasteiger partial charge is 0.353 e. The average molecular weight is 248 g/mol. The number of aromatic nitrogens is 3. The van der Waals surface area contributed by atoms with E-state index < -0.39 is 0 Å². The summed E-state index contributed by atoms with van der Waals surface area (Å²) >= 11 is 1.88. The van der Waals surface area contributed by atoms with Crippen molar-refractivity contribution in [2.45, 2.75) is 12.8 Å². The summed E-state index contributed by atoms with van der Waals surface area (Å²) in [5, 5.41) is 11.4. The highest BCUT2D eigenvalue weighted by Crippen LogP contribution is 2.08. The highest BCUT2D eigenvalue weighted by atomic mass is 32.2. The molecule has 4 nitrogen and oxygen atoms in total. The fourth-order valence-electron chi connectivity index (χ4n) is 1.53. The number of nitrogens with one attached hydrogen (secondary N) is 1. The summed E-state index contributed by atoms with van der Waals surface area (Å²) in [6.45, 7) is 0.903. The Morgan fingerprint density at radius 2 is 1.94 bits per heavy atom. The standard InChI is InChI=1S/C12H16N4S/c1-17-9-5-4-8-13-12-14-10-6-2-3-7-11(10)15-16-12/h2-3,6-7H,4-5,8-9H2,1H3,(H,13,14,16). The Hall–Kier alpha value is -1.36. The zero-order chi connectivity index (χ0) is 11.9. The van der Waals surface area contributed by atoms with E-state index in [1.807, 2.05) is 36.0 Å². The lowest BCUT2D eigenvalue weighted by Crippen LogP contribution is -2.06. The number of fused-ring (bicyclic) bond motifs is 1. The van der Waals surface area contributed by atoms with Gasteiger partial charge in [-0.25, -0.2) is 4.98 Å². The molecule has 1 heterocycles. The highest BCUT2D eigenvalue weighted by molar-refractivity contribution is 7.98. The number of benzene rings is 1. The van der Waals surface area contributed by atoms with Gasteiger partial charge in [0.1, 0.15) is 5.52 Å². The van der Waals surface area contributed by atoms with Crippen molar-refractivity contribution >= 4 is 28.7 Å². The number of unbranched alkanes of at least 4 members (excludes halogenated alkanes) is 1. The first kappa shape index (κ1) is 12.1. The highest BCUT2D eigenvalue weighted by Gasteiger charge is 1.99. The summed E-state index contributed by atoms with van der Waals surface area (Å²) in [5.41, 5.74) is 1.72. The molecule has 0 aliphatic carbocycles. The number of hydrogen-bond acceptors (Lipinski definition) is 5. The van der Waals surface area contributed by atoms with E-state index in [1.54, 1.807) is 0 Å². The Kier molecular flexibility index (Phi) is 4.55. The quantitative estimate of drug-likeness (QED) is 0.796. The van der Waals surface area contributed by atoms with E-state index in [0.717, 1.165) is 24.0 Å². The van der Waals surface area contributed by atoms with Crippen molar-refractivity contribution in [3.05, 3.63) is 24.3 Å². The first-order chi connectivity index (χ1) is 8.40. The monoisotopic (exact) mass is 248 g/mol. The van der Waals surface area contributed by atoms with Crippen molar-refractivity contribution in [1.29, 1.82) is 0 Å². The first-order valence-electron chi connectivity index (χ1n) is 5.72. The van der Waals surface area contributed by atoms with Crippen LogP contribution < -0.4 is 5.32 Å². The minimum atomic E-state index is 0.618. The van der Waals surface area contributed by atoms with Crippen LogP contribution in [-0.4, -0.2) is 33.7 Å². The van der Waals surface area contributed by atoms with Crippen molar-refractivity contribution in [1.82, 2.24) is 15.2 Å². The van der Waals surface area contributed by atoms with Crippen LogP contribution in [0.5, 0.6) is 0 Å². The maximum absolute atomic E-state index is 4.40. The molecule has 2 rings (SSSR count). The number of hydrogen-bond donors (Lipinski definition) is 1. The van der Waals surface area contributed by atoms with E-state index in [4.69, 9.17) is 0 Å². The van der Waals surface area contributed by atoms with E-state index >= 15 is 0 Å². The third-order valence-corrected chi connectivity index (χ3v) is 3.12. The SMILES string of the molecule is CSCCCCNc1nnc2ccccc2n1. The Morgan fingerprint density at radius 3 is 2.76 bits per heavy atom. The summed E-state index contributed by atoms with van der Waals surface area (Å²) in [6, 6.07) is 7.76. The maximum atomic E-state index is 4.40. The second-order valence-corrected chi connectivity index (χ2v) is 4.74. The predicted octanol–water partition coefficient (Wildman–Crippen LogP) is 2.58. The van der Waals surface area contributed by atoms with Crippen molar-refractivity contribution in [3.63, 3.8) is 0 Å². The molecular formula is C12H16N4S. The van der Waals surface area contributed by atoms with E-state index in [9.17, 15) is 0 Å². The van der Waals surface area contributed by atoms with Gasteiger partial charge >= 0.3 is 0 Å². The molecule has 5 heteroatoms. The van der Waals surface area contributed by atoms with Gasteiger partial charge in [-0.2, -0.15) is 11.8 Å². The van der Waals surface area contributed by atoms with Gasteiger partial charge in [0.05, 0.1) is 5.52 Å². The number of thioether (sulfide) groups is 1. The molecule has 0 unspecified atom stereocenters. The molecule has 1 N–H and O–H groups in total. The Labute approximate surface area is 105 Å². The van der Waals surface area contributed by atoms with Crippen LogP contribution in [0.25, 0.3) is 11.0 Å². The fourth-order valence-corrected chi connectivity index (χ4v) is 2.02. The Balaban J connectivity index is 1.90. The molecule has 0 amide bonds. The van der Waals surface area contributed by atoms with Crippen molar-refractivity contribution in [2.75, 3.05) is 23.9 Å². The van der Waals surface area contributed by atoms with Crippen LogP contribution in [0, 0.1) is 0 Å². The van der Waals surface area contributed by atoms with Gasteiger partial charge in [0.15, 0.2) is 0 Å². The van der Waals surface area contributed by atoms with Gasteiger partial charge in [-0.1, -0.05) is 12.1 Å². The minimum absolute atomic E-state index is 0.618. The molecule has 0 atom stereocenters. The number of rotatable bonds is 6. The van der Waals surface area contributed by atoms with E-state index in [0.29, 0.717) is 5.95 Å². The maximum Gasteiger partial charge on any atom is 0.243 e. The molecule has 2 aromatic rings. The molecule has 0 saturated carbocycles. The zero-order valence-corrected chi connectivity index (χ0v) is 10.7. The van der Waals surface area contributed by atoms with Crippen molar-refractivity contribution in [2.24, 2.45) is 0 Å². The molecule has 0 spiro atoms. The molecule has 0 fully saturated rings. The molecule has 90 valence electrons. The van der Waals surface area contributed by atoms with Crippen LogP contribution in [-0.2, 0) is 0 Å². The lowest BCUT2D eigenvalue weighted by atomic mass is 10.3. The predicted molar refractivity (Wildman–Crippen MR) is 73.4 cm³/mol. The summed E-state index contributed by atoms with van der Waals surface area (Å²) in [4.78, 5) is 4.40. The molecule has 0 bridgehead atoms. The Bertz CT molecular complexity index is 475. The van der Waals surface area contributed by atoms with E-state index in [2.05, 4.69) is 26.8 Å². The van der Waals surface area contributed by atoms with Gasteiger partial charge in [-0.3, -0.25) is 0 Å². The van der Waals surface area contributed by atoms with Gasteiger partial charge in [0, 0.05) is 6.54 Å². The minimum Gasteiger partial charge on any atom is -0.353 e. The smallest absolute Gasteiger partial charge is 0.243 e. The van der Waals surface area contributed by atoms with Crippen LogP contribution in [0.4, 0.5) is 5.95 Å². The van der Waals surface area contributed by atoms with E-state index in [-0.39, 0.29) is 0 Å². The van der Waals surface area contributed by atoms with Crippen molar-refractivity contribution < 1.29 is 0 Å². The lowest BCUT2D eigenvalue weighted by molar-refractivity contribution is 0.830. The van der Waals surface area contributed by atoms with Crippen LogP contribution in [0.15, 0.2) is 24.3 Å². The Morgan fingerprint density at radius 1 is 1.12 bits per heavy atom. The molecular weight excluding hydrogens is 232 g/mol. The number of nitrogens with zero attached hydrogens (tertiary/aromatic N) is 3. The van der Waals surface area contributed by atoms with Crippen LogP contribution >= 0.6 is 11.8 Å². The second-order valence-electron chi connectivity index (χ2n) is 3.75. The normalized spacial score (nSPS) is 10.6. The first-order valence-corrected chi connectivity index (χ1v) is 7.12. The van der Waals surface area contributed by atoms with Gasteiger partial charge in [0.25, 0.3) is 0 Å². The van der Waals surface area contributed by atoms with E-state index in [1.165, 1.54) is 12.2 Å². The molecule has 17 heavy (non-hydrogen) atoms. The summed E-state index contributed by atoms with van der Waals surface area (Å²) < 4.78 is 0. The second kappa shape index (κ2) is 6.39. The van der Waals surface area contributed by atoms with Crippen LogP contribution in [0.3, 0.4) is 0 Å². The number of para-hydroxylation sites is 1. The molecule has 0 aliphatic heterocycles. The third-order valence-electron chi connectivity index (χ3n) is 2.42. The zero-order valence-electron chi connectivity index (χ0n) is 9.89. The molecule has 1 aromatic carbocycles. The molecule has 1 aromatic heterocycles. The third kappa shape index (κ3) is 3.56. The number of anilines is 1. The summed E-state index contributed by atoms with van der Waals surface area (Å²) in [7, 11) is 0. The molecule has 0 radical (unpaired) electrons. The molecule has 0 aliphatic rings. The summed E-state index contributed by atoms with van der Waals surface area (Å²) in [6.07, 6.45) is 4.48. The van der Waals surface area contributed by atoms with Crippen LogP contribution in [0.2, 0.25) is 0 Å². The van der Waals surface area contributed by atoms with Gasteiger partial charge in [-0.05, 0) is 37.0 Å². The fraction of sp³-hybridized carbons (Fsp3) is 0.417. The van der Waals surface area contributed by atoms with Gasteiger partial charge < -0.3 is 5.32 Å².